The van der Waals surface area contributed by atoms with Crippen LogP contribution in [0.4, 0.5) is 26.2 Å². The lowest BCUT2D eigenvalue weighted by Crippen LogP contribution is -2.50. The van der Waals surface area contributed by atoms with Gasteiger partial charge in [0.1, 0.15) is 5.82 Å². The minimum absolute atomic E-state index is 0.176. The quantitative estimate of drug-likeness (QED) is 0.896. The summed E-state index contributed by atoms with van der Waals surface area (Å²) in [5.41, 5.74) is 2.98. The first-order valence-electron chi connectivity index (χ1n) is 9.60. The fourth-order valence-electron chi connectivity index (χ4n) is 3.79. The Balaban J connectivity index is 1.31. The van der Waals surface area contributed by atoms with E-state index in [1.807, 2.05) is 0 Å². The highest BCUT2D eigenvalue weighted by atomic mass is 19.1. The van der Waals surface area contributed by atoms with Crippen LogP contribution in [-0.4, -0.2) is 50.2 Å². The van der Waals surface area contributed by atoms with Crippen LogP contribution >= 0.6 is 0 Å². The van der Waals surface area contributed by atoms with Crippen LogP contribution in [0.1, 0.15) is 12.8 Å². The number of carbonyl (C=O) groups excluding carboxylic acids is 1. The van der Waals surface area contributed by atoms with Gasteiger partial charge in [0.25, 0.3) is 0 Å². The van der Waals surface area contributed by atoms with E-state index in [-0.39, 0.29) is 11.8 Å². The smallest absolute Gasteiger partial charge is 0.321 e. The number of rotatable bonds is 3. The van der Waals surface area contributed by atoms with Crippen molar-refractivity contribution in [1.29, 1.82) is 0 Å². The van der Waals surface area contributed by atoms with Crippen molar-refractivity contribution < 1.29 is 9.18 Å². The summed E-state index contributed by atoms with van der Waals surface area (Å²) in [4.78, 5) is 18.9. The molecule has 0 unspecified atom stereocenters. The Kier molecular flexibility index (Phi) is 5.14. The number of urea groups is 1. The summed E-state index contributed by atoms with van der Waals surface area (Å²) < 4.78 is 13.3. The zero-order valence-electron chi connectivity index (χ0n) is 15.4. The molecule has 2 aliphatic rings. The Hall–Kier alpha value is -2.76. The molecule has 0 aliphatic carbocycles. The van der Waals surface area contributed by atoms with Crippen LogP contribution in [0.25, 0.3) is 0 Å². The Morgan fingerprint density at radius 3 is 2.00 bits per heavy atom. The fraction of sp³-hybridized carbons (Fsp3) is 0.381. The molecule has 2 amide bonds. The highest BCUT2D eigenvalue weighted by Gasteiger charge is 2.22. The second-order valence-corrected chi connectivity index (χ2v) is 7.13. The number of benzene rings is 2. The van der Waals surface area contributed by atoms with Crippen LogP contribution in [0.3, 0.4) is 0 Å². The minimum Gasteiger partial charge on any atom is -0.372 e. The predicted molar refractivity (Wildman–Crippen MR) is 107 cm³/mol. The molecule has 4 rings (SSSR count). The molecule has 2 aromatic carbocycles. The van der Waals surface area contributed by atoms with Gasteiger partial charge in [0.2, 0.25) is 0 Å². The van der Waals surface area contributed by atoms with Gasteiger partial charge in [-0.1, -0.05) is 6.07 Å². The van der Waals surface area contributed by atoms with Gasteiger partial charge in [-0.25, -0.2) is 9.18 Å². The van der Waals surface area contributed by atoms with E-state index < -0.39 is 0 Å². The third kappa shape index (κ3) is 4.15. The Labute approximate surface area is 159 Å². The lowest BCUT2D eigenvalue weighted by Gasteiger charge is -2.36. The number of carbonyl (C=O) groups is 1. The van der Waals surface area contributed by atoms with E-state index in [0.717, 1.165) is 26.2 Å². The van der Waals surface area contributed by atoms with Crippen molar-refractivity contribution in [1.82, 2.24) is 4.90 Å². The first kappa shape index (κ1) is 17.6. The van der Waals surface area contributed by atoms with Crippen LogP contribution in [0, 0.1) is 5.82 Å². The maximum absolute atomic E-state index is 13.3. The molecule has 27 heavy (non-hydrogen) atoms. The summed E-state index contributed by atoms with van der Waals surface area (Å²) in [5.74, 6) is -0.352. The number of nitrogens with zero attached hydrogens (tertiary/aromatic N) is 3. The number of halogens is 1. The van der Waals surface area contributed by atoms with E-state index in [9.17, 15) is 9.18 Å². The highest BCUT2D eigenvalue weighted by molar-refractivity contribution is 5.89. The summed E-state index contributed by atoms with van der Waals surface area (Å²) >= 11 is 0. The molecule has 5 nitrogen and oxygen atoms in total. The molecule has 2 aliphatic heterocycles. The molecular weight excluding hydrogens is 343 g/mol. The second kappa shape index (κ2) is 7.86. The van der Waals surface area contributed by atoms with Gasteiger partial charge in [-0.05, 0) is 55.3 Å². The molecule has 6 heteroatoms. The number of piperazine rings is 1. The first-order valence-corrected chi connectivity index (χ1v) is 9.60. The molecule has 2 heterocycles. The summed E-state index contributed by atoms with van der Waals surface area (Å²) in [6.45, 7) is 5.18. The van der Waals surface area contributed by atoms with Crippen LogP contribution in [0.2, 0.25) is 0 Å². The van der Waals surface area contributed by atoms with Crippen molar-refractivity contribution in [3.8, 4) is 0 Å². The molecule has 2 fully saturated rings. The summed E-state index contributed by atoms with van der Waals surface area (Å²) in [5, 5.41) is 2.77. The van der Waals surface area contributed by atoms with Crippen molar-refractivity contribution in [2.75, 3.05) is 54.4 Å². The molecule has 0 spiro atoms. The molecule has 2 saturated heterocycles. The van der Waals surface area contributed by atoms with E-state index in [4.69, 9.17) is 0 Å². The fourth-order valence-corrected chi connectivity index (χ4v) is 3.79. The summed E-state index contributed by atoms with van der Waals surface area (Å²) in [6.07, 6.45) is 2.56. The van der Waals surface area contributed by atoms with Crippen molar-refractivity contribution in [2.45, 2.75) is 12.8 Å². The van der Waals surface area contributed by atoms with Gasteiger partial charge < -0.3 is 20.0 Å². The van der Waals surface area contributed by atoms with Gasteiger partial charge in [0, 0.05) is 56.3 Å². The third-order valence-corrected chi connectivity index (χ3v) is 5.33. The van der Waals surface area contributed by atoms with Crippen LogP contribution in [0.15, 0.2) is 48.5 Å². The minimum atomic E-state index is -0.352. The number of anilines is 3. The SMILES string of the molecule is O=C(Nc1cccc(F)c1)N1CCN(c2ccc(N3CCCC3)cc2)CC1. The van der Waals surface area contributed by atoms with Gasteiger partial charge in [-0.3, -0.25) is 0 Å². The van der Waals surface area contributed by atoms with E-state index in [2.05, 4.69) is 39.4 Å². The van der Waals surface area contributed by atoms with E-state index in [0.29, 0.717) is 18.8 Å². The number of hydrogen-bond donors (Lipinski definition) is 1. The van der Waals surface area contributed by atoms with Crippen LogP contribution < -0.4 is 15.1 Å². The zero-order valence-corrected chi connectivity index (χ0v) is 15.4. The molecule has 0 atom stereocenters. The number of hydrogen-bond acceptors (Lipinski definition) is 3. The molecule has 2 aromatic rings. The average molecular weight is 368 g/mol. The lowest BCUT2D eigenvalue weighted by atomic mass is 10.2. The Bertz CT molecular complexity index is 781. The lowest BCUT2D eigenvalue weighted by molar-refractivity contribution is 0.208. The predicted octanol–water partition coefficient (Wildman–Crippen LogP) is 3.78. The van der Waals surface area contributed by atoms with Gasteiger partial charge in [0.15, 0.2) is 0 Å². The standard InChI is InChI=1S/C21H25FN4O/c22-17-4-3-5-18(16-17)23-21(27)26-14-12-25(13-15-26)20-8-6-19(7-9-20)24-10-1-2-11-24/h3-9,16H,1-2,10-15H2,(H,23,27). The molecule has 1 N–H and O–H groups in total. The van der Waals surface area contributed by atoms with Gasteiger partial charge >= 0.3 is 6.03 Å². The second-order valence-electron chi connectivity index (χ2n) is 7.13. The molecule has 0 aromatic heterocycles. The number of amides is 2. The number of nitrogens with one attached hydrogen (secondary N) is 1. The third-order valence-electron chi connectivity index (χ3n) is 5.33. The zero-order chi connectivity index (χ0) is 18.6. The molecule has 142 valence electrons. The van der Waals surface area contributed by atoms with Crippen LogP contribution in [-0.2, 0) is 0 Å². The van der Waals surface area contributed by atoms with E-state index in [1.54, 1.807) is 17.0 Å². The average Bonchev–Trinajstić information content (AvgIpc) is 3.23. The molecule has 0 bridgehead atoms. The van der Waals surface area contributed by atoms with Crippen molar-refractivity contribution >= 4 is 23.1 Å². The maximum atomic E-state index is 13.3. The van der Waals surface area contributed by atoms with Crippen molar-refractivity contribution in [3.63, 3.8) is 0 Å². The monoisotopic (exact) mass is 368 g/mol. The van der Waals surface area contributed by atoms with Gasteiger partial charge in [-0.2, -0.15) is 0 Å². The Morgan fingerprint density at radius 1 is 0.815 bits per heavy atom. The summed E-state index contributed by atoms with van der Waals surface area (Å²) in [7, 11) is 0. The highest BCUT2D eigenvalue weighted by Crippen LogP contribution is 2.24. The first-order chi connectivity index (χ1) is 13.2. The largest absolute Gasteiger partial charge is 0.372 e. The molecular formula is C21H25FN4O. The van der Waals surface area contributed by atoms with E-state index >= 15 is 0 Å². The molecule has 0 saturated carbocycles. The van der Waals surface area contributed by atoms with E-state index in [1.165, 1.54) is 36.3 Å². The van der Waals surface area contributed by atoms with Crippen molar-refractivity contribution in [3.05, 3.63) is 54.3 Å². The van der Waals surface area contributed by atoms with Gasteiger partial charge in [-0.15, -0.1) is 0 Å². The van der Waals surface area contributed by atoms with Crippen molar-refractivity contribution in [2.24, 2.45) is 0 Å². The topological polar surface area (TPSA) is 38.8 Å². The molecule has 0 radical (unpaired) electrons. The van der Waals surface area contributed by atoms with Gasteiger partial charge in [0.05, 0.1) is 0 Å². The summed E-state index contributed by atoms with van der Waals surface area (Å²) in [6, 6.07) is 14.6. The normalized spacial score (nSPS) is 17.3. The maximum Gasteiger partial charge on any atom is 0.321 e. The Morgan fingerprint density at radius 2 is 1.41 bits per heavy atom. The van der Waals surface area contributed by atoms with Crippen LogP contribution in [0.5, 0.6) is 0 Å².